The van der Waals surface area contributed by atoms with Gasteiger partial charge in [0.25, 0.3) is 5.91 Å². The molecule has 3 rings (SSSR count). The third-order valence-corrected chi connectivity index (χ3v) is 5.84. The number of fused-ring (bicyclic) bond motifs is 1. The zero-order valence-electron chi connectivity index (χ0n) is 17.8. The minimum Gasteiger partial charge on any atom is -0.393 e. The molecule has 0 bridgehead atoms. The van der Waals surface area contributed by atoms with E-state index >= 15 is 0 Å². The lowest BCUT2D eigenvalue weighted by atomic mass is 9.83. The Labute approximate surface area is 173 Å². The maximum atomic E-state index is 12.7. The summed E-state index contributed by atoms with van der Waals surface area (Å²) in [5.41, 5.74) is 6.77. The number of nitrogens with one attached hydrogen (secondary N) is 1. The lowest BCUT2D eigenvalue weighted by Gasteiger charge is -2.26. The van der Waals surface area contributed by atoms with Crippen LogP contribution in [0.2, 0.25) is 0 Å². The van der Waals surface area contributed by atoms with Crippen molar-refractivity contribution in [2.24, 2.45) is 11.7 Å². The average molecular weight is 399 g/mol. The van der Waals surface area contributed by atoms with Gasteiger partial charge in [-0.15, -0.1) is 0 Å². The maximum Gasteiger partial charge on any atom is 0.253 e. The van der Waals surface area contributed by atoms with Gasteiger partial charge in [-0.1, -0.05) is 19.1 Å². The lowest BCUT2D eigenvalue weighted by molar-refractivity contribution is 0.0947. The summed E-state index contributed by atoms with van der Waals surface area (Å²) in [6.07, 6.45) is 7.90. The predicted octanol–water partition coefficient (Wildman–Crippen LogP) is 3.53. The molecule has 0 aliphatic heterocycles. The van der Waals surface area contributed by atoms with E-state index in [-0.39, 0.29) is 17.9 Å². The van der Waals surface area contributed by atoms with E-state index in [9.17, 15) is 9.90 Å². The van der Waals surface area contributed by atoms with Gasteiger partial charge in [0.05, 0.1) is 17.2 Å². The van der Waals surface area contributed by atoms with Crippen LogP contribution in [0, 0.1) is 5.92 Å². The Kier molecular flexibility index (Phi) is 6.85. The molecule has 0 radical (unpaired) electrons. The summed E-state index contributed by atoms with van der Waals surface area (Å²) in [5, 5.41) is 13.4. The fourth-order valence-corrected chi connectivity index (χ4v) is 3.94. The summed E-state index contributed by atoms with van der Waals surface area (Å²) in [6, 6.07) is 5.59. The summed E-state index contributed by atoms with van der Waals surface area (Å²) < 4.78 is 0. The van der Waals surface area contributed by atoms with Crippen molar-refractivity contribution in [3.05, 3.63) is 35.8 Å². The Morgan fingerprint density at radius 3 is 2.72 bits per heavy atom. The van der Waals surface area contributed by atoms with Crippen molar-refractivity contribution in [2.75, 3.05) is 6.54 Å². The molecular formula is C23H34N4O2. The molecule has 1 aliphatic rings. The first-order valence-electron chi connectivity index (χ1n) is 10.7. The minimum atomic E-state index is -0.468. The number of aliphatic hydroxyl groups excluding tert-OH is 1. The molecule has 0 spiro atoms. The quantitative estimate of drug-likeness (QED) is 0.662. The summed E-state index contributed by atoms with van der Waals surface area (Å²) in [4.78, 5) is 22.0. The maximum absolute atomic E-state index is 12.7. The van der Waals surface area contributed by atoms with Gasteiger partial charge >= 0.3 is 0 Å². The van der Waals surface area contributed by atoms with Gasteiger partial charge in [-0.3, -0.25) is 4.79 Å². The highest BCUT2D eigenvalue weighted by Gasteiger charge is 2.21. The van der Waals surface area contributed by atoms with Crippen molar-refractivity contribution in [1.82, 2.24) is 15.3 Å². The fourth-order valence-electron chi connectivity index (χ4n) is 3.94. The van der Waals surface area contributed by atoms with E-state index in [0.29, 0.717) is 23.5 Å². The number of aliphatic hydroxyl groups is 1. The number of rotatable bonds is 7. The van der Waals surface area contributed by atoms with Crippen LogP contribution >= 0.6 is 0 Å². The van der Waals surface area contributed by atoms with E-state index in [1.807, 2.05) is 32.2 Å². The van der Waals surface area contributed by atoms with Crippen LogP contribution in [0.4, 0.5) is 0 Å². The van der Waals surface area contributed by atoms with Crippen molar-refractivity contribution in [3.8, 4) is 0 Å². The number of carbonyl (C=O) groups is 1. The molecule has 1 saturated carbocycles. The topological polar surface area (TPSA) is 101 Å². The summed E-state index contributed by atoms with van der Waals surface area (Å²) >= 11 is 0. The first-order valence-corrected chi connectivity index (χ1v) is 10.7. The molecule has 0 saturated heterocycles. The van der Waals surface area contributed by atoms with Gasteiger partial charge in [0.15, 0.2) is 0 Å². The number of para-hydroxylation sites is 1. The van der Waals surface area contributed by atoms with Gasteiger partial charge in [0, 0.05) is 29.6 Å². The van der Waals surface area contributed by atoms with Crippen LogP contribution in [-0.2, 0) is 0 Å². The molecule has 1 unspecified atom stereocenters. The third-order valence-electron chi connectivity index (χ3n) is 5.84. The monoisotopic (exact) mass is 398 g/mol. The largest absolute Gasteiger partial charge is 0.393 e. The van der Waals surface area contributed by atoms with Crippen LogP contribution in [0.25, 0.3) is 10.9 Å². The van der Waals surface area contributed by atoms with Crippen LogP contribution in [0.1, 0.15) is 81.4 Å². The van der Waals surface area contributed by atoms with Gasteiger partial charge in [0.2, 0.25) is 0 Å². The van der Waals surface area contributed by atoms with E-state index in [1.165, 1.54) is 0 Å². The van der Waals surface area contributed by atoms with E-state index in [2.05, 4.69) is 17.2 Å². The van der Waals surface area contributed by atoms with Gasteiger partial charge < -0.3 is 16.2 Å². The highest BCUT2D eigenvalue weighted by molar-refractivity contribution is 6.05. The number of benzene rings is 1. The summed E-state index contributed by atoms with van der Waals surface area (Å²) in [7, 11) is 0. The first-order chi connectivity index (χ1) is 13.7. The Hall–Kier alpha value is -2.05. The molecule has 1 aromatic carbocycles. The molecule has 4 N–H and O–H groups in total. The number of nitrogens with two attached hydrogens (primary N) is 1. The van der Waals surface area contributed by atoms with Crippen molar-refractivity contribution < 1.29 is 9.90 Å². The Bertz CT molecular complexity index is 838. The van der Waals surface area contributed by atoms with E-state index < -0.39 is 5.54 Å². The molecule has 29 heavy (non-hydrogen) atoms. The van der Waals surface area contributed by atoms with Crippen LogP contribution < -0.4 is 11.1 Å². The standard InChI is InChI=1S/C23H34N4O2/c1-15(7-8-16-9-11-18(28)12-10-16)21-25-13-17-5-4-6-19(20(17)27-21)22(29)26-14-23(2,3)24/h4-6,13,15-16,18,28H,7-12,14,24H2,1-3H3,(H,26,29). The SMILES string of the molecule is CC(CCC1CCC(O)CC1)c1ncc2cccc(C(=O)NCC(C)(C)N)c2n1. The molecule has 1 aliphatic carbocycles. The molecule has 158 valence electrons. The number of hydrogen-bond acceptors (Lipinski definition) is 5. The second-order valence-electron chi connectivity index (χ2n) is 9.30. The molecule has 2 aromatic rings. The van der Waals surface area contributed by atoms with E-state index in [0.717, 1.165) is 49.7 Å². The van der Waals surface area contributed by atoms with E-state index in [1.54, 1.807) is 6.07 Å². The summed E-state index contributed by atoms with van der Waals surface area (Å²) in [6.45, 7) is 6.31. The van der Waals surface area contributed by atoms with Crippen LogP contribution in [-0.4, -0.2) is 39.2 Å². The minimum absolute atomic E-state index is 0.109. The van der Waals surface area contributed by atoms with E-state index in [4.69, 9.17) is 10.7 Å². The van der Waals surface area contributed by atoms with Gasteiger partial charge in [-0.05, 0) is 64.4 Å². The highest BCUT2D eigenvalue weighted by atomic mass is 16.3. The summed E-state index contributed by atoms with van der Waals surface area (Å²) in [5.74, 6) is 1.53. The van der Waals surface area contributed by atoms with Crippen molar-refractivity contribution in [2.45, 2.75) is 76.9 Å². The first kappa shape index (κ1) is 21.7. The number of hydrogen-bond donors (Lipinski definition) is 3. The highest BCUT2D eigenvalue weighted by Crippen LogP contribution is 2.31. The molecule has 1 aromatic heterocycles. The van der Waals surface area contributed by atoms with Gasteiger partial charge in [0.1, 0.15) is 5.82 Å². The third kappa shape index (κ3) is 5.97. The Morgan fingerprint density at radius 1 is 1.31 bits per heavy atom. The second kappa shape index (κ2) is 9.18. The number of carbonyl (C=O) groups excluding carboxylic acids is 1. The number of nitrogens with zero attached hydrogens (tertiary/aromatic N) is 2. The Morgan fingerprint density at radius 2 is 2.03 bits per heavy atom. The fraction of sp³-hybridized carbons (Fsp3) is 0.609. The van der Waals surface area contributed by atoms with Crippen LogP contribution in [0.3, 0.4) is 0 Å². The molecule has 6 nitrogen and oxygen atoms in total. The molecular weight excluding hydrogens is 364 g/mol. The van der Waals surface area contributed by atoms with Crippen molar-refractivity contribution >= 4 is 16.8 Å². The lowest BCUT2D eigenvalue weighted by Crippen LogP contribution is -2.45. The normalized spacial score (nSPS) is 21.1. The van der Waals surface area contributed by atoms with Crippen LogP contribution in [0.5, 0.6) is 0 Å². The molecule has 6 heteroatoms. The second-order valence-corrected chi connectivity index (χ2v) is 9.30. The van der Waals surface area contributed by atoms with Gasteiger partial charge in [-0.25, -0.2) is 9.97 Å². The number of amides is 1. The molecule has 1 amide bonds. The van der Waals surface area contributed by atoms with Gasteiger partial charge in [-0.2, -0.15) is 0 Å². The Balaban J connectivity index is 1.71. The van der Waals surface area contributed by atoms with Crippen molar-refractivity contribution in [1.29, 1.82) is 0 Å². The zero-order valence-corrected chi connectivity index (χ0v) is 17.8. The molecule has 1 fully saturated rings. The smallest absolute Gasteiger partial charge is 0.253 e. The zero-order chi connectivity index (χ0) is 21.0. The van der Waals surface area contributed by atoms with Crippen molar-refractivity contribution in [3.63, 3.8) is 0 Å². The average Bonchev–Trinajstić information content (AvgIpc) is 2.70. The molecule has 1 atom stereocenters. The number of aromatic nitrogens is 2. The predicted molar refractivity (Wildman–Crippen MR) is 116 cm³/mol. The molecule has 1 heterocycles. The van der Waals surface area contributed by atoms with Crippen LogP contribution in [0.15, 0.2) is 24.4 Å².